The third kappa shape index (κ3) is 4.30. The van der Waals surface area contributed by atoms with Gasteiger partial charge in [0.05, 0.1) is 11.5 Å². The number of hydrogen-bond acceptors (Lipinski definition) is 4. The van der Waals surface area contributed by atoms with E-state index in [2.05, 4.69) is 10.0 Å². The molecule has 0 aliphatic carbocycles. The summed E-state index contributed by atoms with van der Waals surface area (Å²) in [6.07, 6.45) is 0. The standard InChI is InChI=1S/C16H18N2O4S/c1-3-22-14-8-6-13(7-9-14)18-16(19)12-4-10-15(11-5-12)23(20,21)17-2/h4-11,17H,3H2,1-2H3,(H,18,19). The summed E-state index contributed by atoms with van der Waals surface area (Å²) in [7, 11) is -2.17. The van der Waals surface area contributed by atoms with Crippen molar-refractivity contribution < 1.29 is 17.9 Å². The highest BCUT2D eigenvalue weighted by Crippen LogP contribution is 2.17. The maximum Gasteiger partial charge on any atom is 0.255 e. The molecule has 2 N–H and O–H groups in total. The summed E-state index contributed by atoms with van der Waals surface area (Å²) < 4.78 is 30.8. The van der Waals surface area contributed by atoms with Crippen LogP contribution in [0.1, 0.15) is 17.3 Å². The zero-order valence-electron chi connectivity index (χ0n) is 12.9. The van der Waals surface area contributed by atoms with Crippen molar-refractivity contribution in [2.75, 3.05) is 19.0 Å². The molecule has 0 saturated carbocycles. The molecule has 0 atom stereocenters. The topological polar surface area (TPSA) is 84.5 Å². The lowest BCUT2D eigenvalue weighted by Crippen LogP contribution is -2.19. The number of amides is 1. The first kappa shape index (κ1) is 17.0. The Labute approximate surface area is 135 Å². The Morgan fingerprint density at radius 2 is 1.65 bits per heavy atom. The molecule has 6 nitrogen and oxygen atoms in total. The molecular formula is C16H18N2O4S. The summed E-state index contributed by atoms with van der Waals surface area (Å²) in [5.41, 5.74) is 0.999. The Morgan fingerprint density at radius 3 is 2.17 bits per heavy atom. The van der Waals surface area contributed by atoms with Crippen LogP contribution in [0.4, 0.5) is 5.69 Å². The van der Waals surface area contributed by atoms with Gasteiger partial charge in [-0.3, -0.25) is 4.79 Å². The number of ether oxygens (including phenoxy) is 1. The van der Waals surface area contributed by atoms with E-state index >= 15 is 0 Å². The number of carbonyl (C=O) groups excluding carboxylic acids is 1. The predicted octanol–water partition coefficient (Wildman–Crippen LogP) is 2.25. The first-order valence-electron chi connectivity index (χ1n) is 7.04. The Hall–Kier alpha value is -2.38. The molecule has 0 saturated heterocycles. The van der Waals surface area contributed by atoms with Crippen LogP contribution in [0.25, 0.3) is 0 Å². The minimum Gasteiger partial charge on any atom is -0.494 e. The highest BCUT2D eigenvalue weighted by molar-refractivity contribution is 7.89. The van der Waals surface area contributed by atoms with Crippen molar-refractivity contribution in [3.8, 4) is 5.75 Å². The zero-order valence-corrected chi connectivity index (χ0v) is 13.7. The highest BCUT2D eigenvalue weighted by atomic mass is 32.2. The van der Waals surface area contributed by atoms with Gasteiger partial charge >= 0.3 is 0 Å². The maximum absolute atomic E-state index is 12.1. The molecule has 0 spiro atoms. The first-order valence-corrected chi connectivity index (χ1v) is 8.52. The number of hydrogen-bond donors (Lipinski definition) is 2. The van der Waals surface area contributed by atoms with Crippen molar-refractivity contribution in [1.29, 1.82) is 0 Å². The molecule has 1 amide bonds. The fourth-order valence-corrected chi connectivity index (χ4v) is 2.64. The van der Waals surface area contributed by atoms with E-state index in [9.17, 15) is 13.2 Å². The van der Waals surface area contributed by atoms with E-state index in [4.69, 9.17) is 4.74 Å². The lowest BCUT2D eigenvalue weighted by Gasteiger charge is -2.08. The number of anilines is 1. The fourth-order valence-electron chi connectivity index (χ4n) is 1.91. The third-order valence-electron chi connectivity index (χ3n) is 3.12. The van der Waals surface area contributed by atoms with Gasteiger partial charge < -0.3 is 10.1 Å². The fraction of sp³-hybridized carbons (Fsp3) is 0.188. The van der Waals surface area contributed by atoms with Crippen LogP contribution >= 0.6 is 0 Å². The van der Waals surface area contributed by atoms with Crippen molar-refractivity contribution in [2.45, 2.75) is 11.8 Å². The van der Waals surface area contributed by atoms with Gasteiger partial charge in [-0.15, -0.1) is 0 Å². The number of carbonyl (C=O) groups is 1. The van der Waals surface area contributed by atoms with Gasteiger partial charge in [-0.1, -0.05) is 0 Å². The molecule has 0 aliphatic rings. The van der Waals surface area contributed by atoms with Crippen LogP contribution in [0.3, 0.4) is 0 Å². The molecule has 23 heavy (non-hydrogen) atoms. The summed E-state index contributed by atoms with van der Waals surface area (Å²) in [6.45, 7) is 2.47. The lowest BCUT2D eigenvalue weighted by atomic mass is 10.2. The second-order valence-electron chi connectivity index (χ2n) is 4.64. The molecule has 0 fully saturated rings. The Bertz CT molecular complexity index is 769. The molecule has 2 aromatic rings. The van der Waals surface area contributed by atoms with Gasteiger partial charge in [0.25, 0.3) is 5.91 Å². The Kier molecular flexibility index (Phi) is 5.36. The monoisotopic (exact) mass is 334 g/mol. The summed E-state index contributed by atoms with van der Waals surface area (Å²) in [5.74, 6) is 0.412. The molecule has 0 radical (unpaired) electrons. The van der Waals surface area contributed by atoms with Gasteiger partial charge in [0.2, 0.25) is 10.0 Å². The van der Waals surface area contributed by atoms with Crippen LogP contribution in [0.15, 0.2) is 53.4 Å². The van der Waals surface area contributed by atoms with E-state index in [1.807, 2.05) is 6.92 Å². The quantitative estimate of drug-likeness (QED) is 0.848. The molecule has 0 unspecified atom stereocenters. The van der Waals surface area contributed by atoms with Crippen LogP contribution in [-0.2, 0) is 10.0 Å². The second kappa shape index (κ2) is 7.26. The van der Waals surface area contributed by atoms with Gasteiger partial charge in [-0.25, -0.2) is 13.1 Å². The summed E-state index contributed by atoms with van der Waals surface area (Å²) >= 11 is 0. The van der Waals surface area contributed by atoms with E-state index in [1.165, 1.54) is 31.3 Å². The van der Waals surface area contributed by atoms with Crippen LogP contribution in [-0.4, -0.2) is 28.0 Å². The summed E-state index contributed by atoms with van der Waals surface area (Å²) in [6, 6.07) is 12.7. The molecule has 0 aliphatic heterocycles. The van der Waals surface area contributed by atoms with E-state index < -0.39 is 10.0 Å². The smallest absolute Gasteiger partial charge is 0.255 e. The predicted molar refractivity (Wildman–Crippen MR) is 88.3 cm³/mol. The molecule has 122 valence electrons. The van der Waals surface area contributed by atoms with Crippen LogP contribution in [0.5, 0.6) is 5.75 Å². The molecule has 2 rings (SSSR count). The van der Waals surface area contributed by atoms with Crippen molar-refractivity contribution in [3.05, 3.63) is 54.1 Å². The van der Waals surface area contributed by atoms with Gasteiger partial charge in [0.15, 0.2) is 0 Å². The van der Waals surface area contributed by atoms with Crippen LogP contribution in [0.2, 0.25) is 0 Å². The van der Waals surface area contributed by atoms with Crippen molar-refractivity contribution >= 4 is 21.6 Å². The van der Waals surface area contributed by atoms with E-state index in [-0.39, 0.29) is 10.8 Å². The van der Waals surface area contributed by atoms with Crippen molar-refractivity contribution in [3.63, 3.8) is 0 Å². The Morgan fingerprint density at radius 1 is 1.04 bits per heavy atom. The number of nitrogens with one attached hydrogen (secondary N) is 2. The van der Waals surface area contributed by atoms with Crippen molar-refractivity contribution in [2.24, 2.45) is 0 Å². The van der Waals surface area contributed by atoms with Crippen molar-refractivity contribution in [1.82, 2.24) is 4.72 Å². The maximum atomic E-state index is 12.1. The lowest BCUT2D eigenvalue weighted by molar-refractivity contribution is 0.102. The first-order chi connectivity index (χ1) is 11.0. The average Bonchev–Trinajstić information content (AvgIpc) is 2.57. The van der Waals surface area contributed by atoms with Crippen LogP contribution in [0, 0.1) is 0 Å². The summed E-state index contributed by atoms with van der Waals surface area (Å²) in [4.78, 5) is 12.3. The van der Waals surface area contributed by atoms with E-state index in [0.717, 1.165) is 5.75 Å². The van der Waals surface area contributed by atoms with E-state index in [1.54, 1.807) is 24.3 Å². The van der Waals surface area contributed by atoms with Crippen LogP contribution < -0.4 is 14.8 Å². The van der Waals surface area contributed by atoms with Gasteiger partial charge in [-0.05, 0) is 62.5 Å². The molecule has 0 bridgehead atoms. The SMILES string of the molecule is CCOc1ccc(NC(=O)c2ccc(S(=O)(=O)NC)cc2)cc1. The van der Waals surface area contributed by atoms with Gasteiger partial charge in [0, 0.05) is 11.3 Å². The highest BCUT2D eigenvalue weighted by Gasteiger charge is 2.12. The molecular weight excluding hydrogens is 316 g/mol. The third-order valence-corrected chi connectivity index (χ3v) is 4.55. The van der Waals surface area contributed by atoms with Gasteiger partial charge in [0.1, 0.15) is 5.75 Å². The minimum atomic E-state index is -3.51. The number of benzene rings is 2. The molecule has 2 aromatic carbocycles. The summed E-state index contributed by atoms with van der Waals surface area (Å²) in [5, 5.41) is 2.74. The average molecular weight is 334 g/mol. The normalized spacial score (nSPS) is 11.0. The molecule has 0 heterocycles. The molecule has 7 heteroatoms. The number of sulfonamides is 1. The number of rotatable bonds is 6. The second-order valence-corrected chi connectivity index (χ2v) is 6.53. The minimum absolute atomic E-state index is 0.109. The van der Waals surface area contributed by atoms with Gasteiger partial charge in [-0.2, -0.15) is 0 Å². The Balaban J connectivity index is 2.08. The largest absolute Gasteiger partial charge is 0.494 e. The van der Waals surface area contributed by atoms with E-state index in [0.29, 0.717) is 17.9 Å². The zero-order chi connectivity index (χ0) is 16.9. The molecule has 0 aromatic heterocycles.